The molecule has 2 rings (SSSR count). The van der Waals surface area contributed by atoms with E-state index in [4.69, 9.17) is 0 Å². The molecule has 6 heteroatoms. The zero-order valence-electron chi connectivity index (χ0n) is 10.8. The van der Waals surface area contributed by atoms with Gasteiger partial charge in [0.05, 0.1) is 10.3 Å². The summed E-state index contributed by atoms with van der Waals surface area (Å²) in [5.74, 6) is -0.601. The Morgan fingerprint density at radius 2 is 2.05 bits per heavy atom. The highest BCUT2D eigenvalue weighted by molar-refractivity contribution is 9.11. The maximum Gasteiger partial charge on any atom is 0.176 e. The molecule has 0 atom stereocenters. The number of carbonyl (C=O) groups is 1. The minimum Gasteiger partial charge on any atom is -0.504 e. The molecular weight excluding hydrogens is 342 g/mol. The summed E-state index contributed by atoms with van der Waals surface area (Å²) in [4.78, 5) is 14.0. The molecule has 20 heavy (non-hydrogen) atoms. The maximum absolute atomic E-state index is 12.1. The van der Waals surface area contributed by atoms with Crippen LogP contribution >= 0.6 is 27.3 Å². The Labute approximate surface area is 129 Å². The smallest absolute Gasteiger partial charge is 0.176 e. The van der Waals surface area contributed by atoms with Crippen molar-refractivity contribution >= 4 is 33.0 Å². The Morgan fingerprint density at radius 3 is 2.65 bits per heavy atom. The van der Waals surface area contributed by atoms with Gasteiger partial charge >= 0.3 is 0 Å². The number of hydrogen-bond donors (Lipinski definition) is 2. The largest absolute Gasteiger partial charge is 0.504 e. The second-order valence-corrected chi connectivity index (χ2v) is 6.85. The lowest BCUT2D eigenvalue weighted by Crippen LogP contribution is -2.25. The summed E-state index contributed by atoms with van der Waals surface area (Å²) in [6.45, 7) is 0.926. The molecule has 106 valence electrons. The van der Waals surface area contributed by atoms with Crippen molar-refractivity contribution in [2.75, 3.05) is 13.6 Å². The van der Waals surface area contributed by atoms with Crippen molar-refractivity contribution in [2.24, 2.45) is 0 Å². The van der Waals surface area contributed by atoms with Crippen LogP contribution in [0.2, 0.25) is 0 Å². The third-order valence-corrected chi connectivity index (χ3v) is 4.34. The summed E-state index contributed by atoms with van der Waals surface area (Å²) in [5, 5.41) is 20.7. The zero-order valence-corrected chi connectivity index (χ0v) is 13.2. The summed E-state index contributed by atoms with van der Waals surface area (Å²) in [5.41, 5.74) is 1.53. The lowest BCUT2D eigenvalue weighted by Gasteiger charge is -2.15. The number of likely N-dealkylation sites (N-methyl/N-ethyl adjacent to an activating group) is 1. The number of hydrogen-bond acceptors (Lipinski definition) is 5. The Hall–Kier alpha value is -1.37. The van der Waals surface area contributed by atoms with Crippen molar-refractivity contribution in [3.63, 3.8) is 0 Å². The summed E-state index contributed by atoms with van der Waals surface area (Å²) >= 11 is 5.02. The molecule has 0 amide bonds. The minimum atomic E-state index is -0.278. The number of benzene rings is 1. The monoisotopic (exact) mass is 355 g/mol. The normalized spacial score (nSPS) is 10.9. The van der Waals surface area contributed by atoms with Crippen LogP contribution in [-0.2, 0) is 6.54 Å². The van der Waals surface area contributed by atoms with Crippen molar-refractivity contribution in [1.29, 1.82) is 0 Å². The van der Waals surface area contributed by atoms with Gasteiger partial charge in [0.2, 0.25) is 0 Å². The second kappa shape index (κ2) is 6.39. The van der Waals surface area contributed by atoms with Gasteiger partial charge in [0, 0.05) is 12.1 Å². The first-order valence-electron chi connectivity index (χ1n) is 5.92. The van der Waals surface area contributed by atoms with Crippen LogP contribution in [0.4, 0.5) is 0 Å². The summed E-state index contributed by atoms with van der Waals surface area (Å²) < 4.78 is 1.07. The van der Waals surface area contributed by atoms with Crippen LogP contribution in [0.15, 0.2) is 33.4 Å². The van der Waals surface area contributed by atoms with Gasteiger partial charge in [-0.2, -0.15) is 0 Å². The van der Waals surface area contributed by atoms with Crippen molar-refractivity contribution < 1.29 is 15.0 Å². The van der Waals surface area contributed by atoms with E-state index >= 15 is 0 Å². The van der Waals surface area contributed by atoms with Gasteiger partial charge in [0.1, 0.15) is 0 Å². The van der Waals surface area contributed by atoms with E-state index in [1.807, 2.05) is 23.4 Å². The first-order chi connectivity index (χ1) is 9.45. The highest BCUT2D eigenvalue weighted by atomic mass is 79.9. The Kier molecular flexibility index (Phi) is 4.80. The van der Waals surface area contributed by atoms with Crippen LogP contribution in [0.3, 0.4) is 0 Å². The van der Waals surface area contributed by atoms with Crippen LogP contribution < -0.4 is 0 Å². The van der Waals surface area contributed by atoms with E-state index in [9.17, 15) is 15.0 Å². The van der Waals surface area contributed by atoms with E-state index in [1.165, 1.54) is 18.2 Å². The molecule has 0 bridgehead atoms. The molecule has 1 aromatic carbocycles. The number of Topliss-reactive ketones (excluding diaryl/α,β-unsaturated/α-hetero) is 1. The quantitative estimate of drug-likeness (QED) is 0.638. The Balaban J connectivity index is 1.98. The molecular formula is C14H14BrNO3S. The number of nitrogens with zero attached hydrogens (tertiary/aromatic N) is 1. The summed E-state index contributed by atoms with van der Waals surface area (Å²) in [7, 11) is 1.86. The van der Waals surface area contributed by atoms with Gasteiger partial charge < -0.3 is 10.2 Å². The SMILES string of the molecule is CN(CC(=O)c1ccc(O)c(O)c1)Cc1csc(Br)c1. The molecule has 0 spiro atoms. The fraction of sp³-hybridized carbons (Fsp3) is 0.214. The molecule has 0 radical (unpaired) electrons. The van der Waals surface area contributed by atoms with Crippen molar-refractivity contribution in [3.05, 3.63) is 44.6 Å². The van der Waals surface area contributed by atoms with Gasteiger partial charge in [-0.05, 0) is 58.2 Å². The average molecular weight is 356 g/mol. The highest BCUT2D eigenvalue weighted by Gasteiger charge is 2.12. The van der Waals surface area contributed by atoms with E-state index < -0.39 is 0 Å². The van der Waals surface area contributed by atoms with E-state index in [0.29, 0.717) is 12.1 Å². The number of aromatic hydroxyl groups is 2. The summed E-state index contributed by atoms with van der Waals surface area (Å²) in [6.07, 6.45) is 0. The van der Waals surface area contributed by atoms with E-state index in [1.54, 1.807) is 11.3 Å². The van der Waals surface area contributed by atoms with Gasteiger partial charge in [-0.1, -0.05) is 0 Å². The van der Waals surface area contributed by atoms with Gasteiger partial charge in [-0.25, -0.2) is 0 Å². The Morgan fingerprint density at radius 1 is 1.30 bits per heavy atom. The first-order valence-corrected chi connectivity index (χ1v) is 7.59. The fourth-order valence-electron chi connectivity index (χ4n) is 1.83. The first kappa shape index (κ1) is 15.0. The number of rotatable bonds is 5. The molecule has 2 N–H and O–H groups in total. The van der Waals surface area contributed by atoms with Crippen LogP contribution in [0.5, 0.6) is 11.5 Å². The molecule has 0 aliphatic carbocycles. The standard InChI is InChI=1S/C14H14BrNO3S/c1-16(6-9-4-14(15)20-8-9)7-13(19)10-2-3-11(17)12(18)5-10/h2-5,8,17-18H,6-7H2,1H3. The number of halogens is 1. The molecule has 4 nitrogen and oxygen atoms in total. The van der Waals surface area contributed by atoms with E-state index in [2.05, 4.69) is 15.9 Å². The third kappa shape index (κ3) is 3.82. The van der Waals surface area contributed by atoms with Crippen molar-refractivity contribution in [2.45, 2.75) is 6.54 Å². The third-order valence-electron chi connectivity index (χ3n) is 2.79. The van der Waals surface area contributed by atoms with Gasteiger partial charge in [-0.3, -0.25) is 9.69 Å². The van der Waals surface area contributed by atoms with Gasteiger partial charge in [0.15, 0.2) is 17.3 Å². The van der Waals surface area contributed by atoms with Gasteiger partial charge in [-0.15, -0.1) is 11.3 Å². The minimum absolute atomic E-state index is 0.0999. The van der Waals surface area contributed by atoms with E-state index in [0.717, 1.165) is 9.35 Å². The van der Waals surface area contributed by atoms with Crippen LogP contribution in [-0.4, -0.2) is 34.5 Å². The maximum atomic E-state index is 12.1. The predicted octanol–water partition coefficient (Wildman–Crippen LogP) is 3.24. The number of thiophene rings is 1. The molecule has 0 saturated carbocycles. The van der Waals surface area contributed by atoms with Gasteiger partial charge in [0.25, 0.3) is 0 Å². The number of carbonyl (C=O) groups excluding carboxylic acids is 1. The molecule has 2 aromatic rings. The molecule has 0 aliphatic rings. The van der Waals surface area contributed by atoms with Crippen LogP contribution in [0.1, 0.15) is 15.9 Å². The van der Waals surface area contributed by atoms with Crippen LogP contribution in [0.25, 0.3) is 0 Å². The summed E-state index contributed by atoms with van der Waals surface area (Å²) in [6, 6.07) is 6.13. The topological polar surface area (TPSA) is 60.8 Å². The molecule has 0 fully saturated rings. The lowest BCUT2D eigenvalue weighted by molar-refractivity contribution is 0.0942. The predicted molar refractivity (Wildman–Crippen MR) is 82.5 cm³/mol. The fourth-order valence-corrected chi connectivity index (χ4v) is 3.03. The molecule has 1 heterocycles. The van der Waals surface area contributed by atoms with Crippen LogP contribution in [0, 0.1) is 0 Å². The average Bonchev–Trinajstić information content (AvgIpc) is 2.77. The molecule has 0 aliphatic heterocycles. The van der Waals surface area contributed by atoms with E-state index in [-0.39, 0.29) is 23.8 Å². The number of phenolic OH excluding ortho intramolecular Hbond substituents is 2. The second-order valence-electron chi connectivity index (χ2n) is 4.56. The number of ketones is 1. The van der Waals surface area contributed by atoms with Crippen molar-refractivity contribution in [3.8, 4) is 11.5 Å². The number of phenols is 2. The Bertz CT molecular complexity index is 627. The lowest BCUT2D eigenvalue weighted by atomic mass is 10.1. The molecule has 1 aromatic heterocycles. The highest BCUT2D eigenvalue weighted by Crippen LogP contribution is 2.25. The molecule has 0 unspecified atom stereocenters. The molecule has 0 saturated heterocycles. The zero-order chi connectivity index (χ0) is 14.7. The van der Waals surface area contributed by atoms with Crippen molar-refractivity contribution in [1.82, 2.24) is 4.90 Å².